The Balaban J connectivity index is 1.41. The number of carbonyl (C=O) groups is 3. The summed E-state index contributed by atoms with van der Waals surface area (Å²) >= 11 is 12.0. The molecule has 0 radical (unpaired) electrons. The summed E-state index contributed by atoms with van der Waals surface area (Å²) in [4.78, 5) is 39.0. The first-order valence-corrected chi connectivity index (χ1v) is 10.9. The van der Waals surface area contributed by atoms with Gasteiger partial charge in [0.1, 0.15) is 12.1 Å². The summed E-state index contributed by atoms with van der Waals surface area (Å²) in [5.74, 6) is -0.893. The maximum absolute atomic E-state index is 13.1. The molecule has 32 heavy (non-hydrogen) atoms. The lowest BCUT2D eigenvalue weighted by molar-refractivity contribution is -0.134. The summed E-state index contributed by atoms with van der Waals surface area (Å²) in [7, 11) is 0. The third kappa shape index (κ3) is 4.29. The van der Waals surface area contributed by atoms with Crippen LogP contribution in [0.4, 0.5) is 4.79 Å². The summed E-state index contributed by atoms with van der Waals surface area (Å²) in [5.41, 5.74) is 0.267. The van der Waals surface area contributed by atoms with Crippen molar-refractivity contribution in [3.05, 3.63) is 81.8 Å². The van der Waals surface area contributed by atoms with E-state index in [4.69, 9.17) is 23.2 Å². The third-order valence-electron chi connectivity index (χ3n) is 5.64. The Labute approximate surface area is 195 Å². The molecule has 1 aliphatic heterocycles. The van der Waals surface area contributed by atoms with Crippen molar-refractivity contribution in [2.45, 2.75) is 18.9 Å². The zero-order valence-corrected chi connectivity index (χ0v) is 18.8. The molecule has 4 amide bonds. The topological polar surface area (TPSA) is 78.5 Å². The van der Waals surface area contributed by atoms with E-state index in [9.17, 15) is 14.4 Å². The van der Waals surface area contributed by atoms with Gasteiger partial charge in [-0.15, -0.1) is 0 Å². The average Bonchev–Trinajstić information content (AvgIpc) is 2.99. The van der Waals surface area contributed by atoms with E-state index in [-0.39, 0.29) is 6.54 Å². The fourth-order valence-corrected chi connectivity index (χ4v) is 4.30. The molecule has 1 unspecified atom stereocenters. The van der Waals surface area contributed by atoms with Gasteiger partial charge in [0.25, 0.3) is 5.91 Å². The van der Waals surface area contributed by atoms with Crippen molar-refractivity contribution in [3.8, 4) is 0 Å². The molecular formula is C24H21Cl2N3O3. The molecule has 6 nitrogen and oxygen atoms in total. The number of nitrogens with zero attached hydrogens (tertiary/aromatic N) is 1. The number of fused-ring (bicyclic) bond motifs is 1. The van der Waals surface area contributed by atoms with Crippen molar-refractivity contribution in [1.82, 2.24) is 15.5 Å². The SMILES string of the molecule is CC1(c2ccc3ccccc3c2)NC(=O)N(CC(=O)NCCc2ccc(Cl)cc2Cl)C1=O. The predicted molar refractivity (Wildman–Crippen MR) is 125 cm³/mol. The summed E-state index contributed by atoms with van der Waals surface area (Å²) in [6, 6.07) is 18.0. The van der Waals surface area contributed by atoms with Gasteiger partial charge in [0, 0.05) is 16.6 Å². The van der Waals surface area contributed by atoms with E-state index >= 15 is 0 Å². The third-order valence-corrected chi connectivity index (χ3v) is 6.22. The second-order valence-corrected chi connectivity index (χ2v) is 8.69. The number of imide groups is 1. The number of benzene rings is 3. The van der Waals surface area contributed by atoms with Crippen LogP contribution in [0.25, 0.3) is 10.8 Å². The minimum absolute atomic E-state index is 0.311. The van der Waals surface area contributed by atoms with Gasteiger partial charge in [-0.25, -0.2) is 4.79 Å². The second-order valence-electron chi connectivity index (χ2n) is 7.84. The predicted octanol–water partition coefficient (Wildman–Crippen LogP) is 4.27. The van der Waals surface area contributed by atoms with Crippen LogP contribution in [0, 0.1) is 0 Å². The average molecular weight is 470 g/mol. The van der Waals surface area contributed by atoms with Gasteiger partial charge in [-0.3, -0.25) is 14.5 Å². The van der Waals surface area contributed by atoms with E-state index in [0.29, 0.717) is 28.6 Å². The van der Waals surface area contributed by atoms with Gasteiger partial charge < -0.3 is 10.6 Å². The van der Waals surface area contributed by atoms with Gasteiger partial charge in [0.05, 0.1) is 0 Å². The molecule has 0 bridgehead atoms. The first-order chi connectivity index (χ1) is 15.3. The van der Waals surface area contributed by atoms with Crippen LogP contribution in [0.2, 0.25) is 10.0 Å². The van der Waals surface area contributed by atoms with Gasteiger partial charge in [0.2, 0.25) is 5.91 Å². The van der Waals surface area contributed by atoms with Crippen molar-refractivity contribution in [1.29, 1.82) is 0 Å². The van der Waals surface area contributed by atoms with E-state index in [1.165, 1.54) is 0 Å². The van der Waals surface area contributed by atoms with Gasteiger partial charge in [-0.1, -0.05) is 65.7 Å². The molecule has 1 fully saturated rings. The molecule has 4 rings (SSSR count). The molecule has 1 aliphatic rings. The fraction of sp³-hybridized carbons (Fsp3) is 0.208. The zero-order chi connectivity index (χ0) is 22.9. The normalized spacial score (nSPS) is 18.2. The minimum atomic E-state index is -1.24. The molecule has 3 aromatic rings. The van der Waals surface area contributed by atoms with Crippen LogP contribution in [0.15, 0.2) is 60.7 Å². The number of hydrogen-bond acceptors (Lipinski definition) is 3. The number of nitrogens with one attached hydrogen (secondary N) is 2. The number of hydrogen-bond donors (Lipinski definition) is 2. The number of halogens is 2. The maximum atomic E-state index is 13.1. The second kappa shape index (κ2) is 8.81. The Morgan fingerprint density at radius 2 is 1.78 bits per heavy atom. The quantitative estimate of drug-likeness (QED) is 0.529. The van der Waals surface area contributed by atoms with Crippen molar-refractivity contribution in [2.24, 2.45) is 0 Å². The van der Waals surface area contributed by atoms with Crippen LogP contribution in [0.5, 0.6) is 0 Å². The Morgan fingerprint density at radius 3 is 2.53 bits per heavy atom. The Morgan fingerprint density at radius 1 is 1.03 bits per heavy atom. The molecule has 3 aromatic carbocycles. The van der Waals surface area contributed by atoms with E-state index in [2.05, 4.69) is 10.6 Å². The van der Waals surface area contributed by atoms with E-state index in [0.717, 1.165) is 21.2 Å². The molecule has 0 aromatic heterocycles. The molecule has 0 saturated carbocycles. The van der Waals surface area contributed by atoms with Gasteiger partial charge in [-0.2, -0.15) is 0 Å². The van der Waals surface area contributed by atoms with Gasteiger partial charge in [0.15, 0.2) is 0 Å². The molecule has 164 valence electrons. The number of amides is 4. The monoisotopic (exact) mass is 469 g/mol. The Bertz CT molecular complexity index is 1230. The first-order valence-electron chi connectivity index (χ1n) is 10.1. The van der Waals surface area contributed by atoms with Crippen molar-refractivity contribution in [3.63, 3.8) is 0 Å². The van der Waals surface area contributed by atoms with Gasteiger partial charge >= 0.3 is 6.03 Å². The standard InChI is InChI=1S/C24H21Cl2N3O3/c1-24(18-8-6-15-4-2-3-5-17(15)12-18)22(31)29(23(32)28-24)14-21(30)27-11-10-16-7-9-19(25)13-20(16)26/h2-9,12-13H,10-11,14H2,1H3,(H,27,30)(H,28,32). The number of carbonyl (C=O) groups excluding carboxylic acids is 3. The molecular weight excluding hydrogens is 449 g/mol. The number of rotatable bonds is 6. The molecule has 8 heteroatoms. The van der Waals surface area contributed by atoms with Crippen LogP contribution < -0.4 is 10.6 Å². The van der Waals surface area contributed by atoms with E-state index < -0.39 is 23.4 Å². The smallest absolute Gasteiger partial charge is 0.325 e. The molecule has 0 aliphatic carbocycles. The lowest BCUT2D eigenvalue weighted by Gasteiger charge is -2.22. The lowest BCUT2D eigenvalue weighted by atomic mass is 9.90. The lowest BCUT2D eigenvalue weighted by Crippen LogP contribution is -2.43. The summed E-state index contributed by atoms with van der Waals surface area (Å²) in [6.07, 6.45) is 0.497. The van der Waals surface area contributed by atoms with Crippen molar-refractivity contribution < 1.29 is 14.4 Å². The highest BCUT2D eigenvalue weighted by molar-refractivity contribution is 6.35. The van der Waals surface area contributed by atoms with Crippen molar-refractivity contribution >= 4 is 51.8 Å². The van der Waals surface area contributed by atoms with Crippen LogP contribution in [-0.4, -0.2) is 35.8 Å². The molecule has 2 N–H and O–H groups in total. The van der Waals surface area contributed by atoms with Crippen LogP contribution >= 0.6 is 23.2 Å². The fourth-order valence-electron chi connectivity index (χ4n) is 3.80. The zero-order valence-electron chi connectivity index (χ0n) is 17.3. The van der Waals surface area contributed by atoms with Crippen LogP contribution in [-0.2, 0) is 21.5 Å². The van der Waals surface area contributed by atoms with E-state index in [1.807, 2.05) is 42.5 Å². The van der Waals surface area contributed by atoms with Crippen LogP contribution in [0.1, 0.15) is 18.1 Å². The first kappa shape index (κ1) is 22.1. The van der Waals surface area contributed by atoms with Gasteiger partial charge in [-0.05, 0) is 53.4 Å². The maximum Gasteiger partial charge on any atom is 0.325 e. The highest BCUT2D eigenvalue weighted by Gasteiger charge is 2.49. The largest absolute Gasteiger partial charge is 0.354 e. The highest BCUT2D eigenvalue weighted by Crippen LogP contribution is 2.31. The Hall–Kier alpha value is -3.09. The van der Waals surface area contributed by atoms with E-state index in [1.54, 1.807) is 25.1 Å². The minimum Gasteiger partial charge on any atom is -0.354 e. The molecule has 1 atom stereocenters. The summed E-state index contributed by atoms with van der Waals surface area (Å²) in [5, 5.41) is 8.52. The number of urea groups is 1. The van der Waals surface area contributed by atoms with Crippen molar-refractivity contribution in [2.75, 3.05) is 13.1 Å². The molecule has 1 heterocycles. The Kier molecular flexibility index (Phi) is 6.09. The summed E-state index contributed by atoms with van der Waals surface area (Å²) < 4.78 is 0. The summed E-state index contributed by atoms with van der Waals surface area (Å²) in [6.45, 7) is 1.60. The molecule has 1 saturated heterocycles. The molecule has 0 spiro atoms. The highest BCUT2D eigenvalue weighted by atomic mass is 35.5. The van der Waals surface area contributed by atoms with Crippen LogP contribution in [0.3, 0.4) is 0 Å².